The Morgan fingerprint density at radius 2 is 2.05 bits per heavy atom. The molecule has 0 aliphatic carbocycles. The van der Waals surface area contributed by atoms with Crippen molar-refractivity contribution < 1.29 is 8.78 Å². The van der Waals surface area contributed by atoms with E-state index in [1.807, 2.05) is 6.92 Å². The number of nitrogens with one attached hydrogen (secondary N) is 1. The lowest BCUT2D eigenvalue weighted by Crippen LogP contribution is -2.30. The molecule has 1 unspecified atom stereocenters. The summed E-state index contributed by atoms with van der Waals surface area (Å²) in [5, 5.41) is 0.100. The van der Waals surface area contributed by atoms with Crippen LogP contribution in [-0.4, -0.2) is 4.98 Å². The Morgan fingerprint density at radius 1 is 1.32 bits per heavy atom. The van der Waals surface area contributed by atoms with Crippen molar-refractivity contribution in [2.75, 3.05) is 0 Å². The van der Waals surface area contributed by atoms with Gasteiger partial charge in [0.2, 0.25) is 0 Å². The van der Waals surface area contributed by atoms with Gasteiger partial charge in [0.1, 0.15) is 0 Å². The first-order chi connectivity index (χ1) is 9.04. The second-order valence-electron chi connectivity index (χ2n) is 4.15. The molecule has 1 aromatic carbocycles. The molecule has 3 N–H and O–H groups in total. The maximum atomic E-state index is 13.9. The van der Waals surface area contributed by atoms with Gasteiger partial charge in [0.15, 0.2) is 11.6 Å². The van der Waals surface area contributed by atoms with Gasteiger partial charge >= 0.3 is 0 Å². The highest BCUT2D eigenvalue weighted by Gasteiger charge is 2.22. The Kier molecular flexibility index (Phi) is 4.09. The average molecular weight is 284 g/mol. The Balaban J connectivity index is 2.57. The van der Waals surface area contributed by atoms with Gasteiger partial charge in [-0.05, 0) is 30.2 Å². The molecule has 0 radical (unpaired) electrons. The maximum absolute atomic E-state index is 13.9. The molecule has 0 saturated carbocycles. The van der Waals surface area contributed by atoms with E-state index in [4.69, 9.17) is 17.4 Å². The first-order valence-electron chi connectivity index (χ1n) is 5.55. The maximum Gasteiger partial charge on any atom is 0.165 e. The molecule has 0 saturated heterocycles. The van der Waals surface area contributed by atoms with E-state index in [1.54, 1.807) is 12.3 Å². The van der Waals surface area contributed by atoms with Gasteiger partial charge in [-0.25, -0.2) is 14.2 Å². The highest BCUT2D eigenvalue weighted by atomic mass is 35.5. The van der Waals surface area contributed by atoms with Crippen LogP contribution in [0.1, 0.15) is 22.7 Å². The number of hydrogen-bond donors (Lipinski definition) is 2. The fourth-order valence-electron chi connectivity index (χ4n) is 1.89. The zero-order valence-electron chi connectivity index (χ0n) is 10.1. The van der Waals surface area contributed by atoms with Gasteiger partial charge in [-0.3, -0.25) is 10.8 Å². The number of aryl methyl sites for hydroxylation is 1. The lowest BCUT2D eigenvalue weighted by Gasteiger charge is -2.19. The van der Waals surface area contributed by atoms with Crippen molar-refractivity contribution in [1.82, 2.24) is 10.4 Å². The van der Waals surface area contributed by atoms with Gasteiger partial charge in [-0.15, -0.1) is 0 Å². The van der Waals surface area contributed by atoms with Crippen molar-refractivity contribution in [3.63, 3.8) is 0 Å². The molecule has 19 heavy (non-hydrogen) atoms. The number of rotatable bonds is 3. The minimum absolute atomic E-state index is 0.0310. The van der Waals surface area contributed by atoms with E-state index < -0.39 is 17.7 Å². The topological polar surface area (TPSA) is 50.9 Å². The SMILES string of the molecule is Cc1cncc(C(NN)c2c(Cl)ccc(F)c2F)c1. The summed E-state index contributed by atoms with van der Waals surface area (Å²) in [6.45, 7) is 1.84. The van der Waals surface area contributed by atoms with Gasteiger partial charge in [0, 0.05) is 23.0 Å². The van der Waals surface area contributed by atoms with E-state index in [0.29, 0.717) is 5.56 Å². The van der Waals surface area contributed by atoms with E-state index in [9.17, 15) is 8.78 Å². The minimum Gasteiger partial charge on any atom is -0.271 e. The highest BCUT2D eigenvalue weighted by Crippen LogP contribution is 2.31. The van der Waals surface area contributed by atoms with Crippen molar-refractivity contribution >= 4 is 11.6 Å². The van der Waals surface area contributed by atoms with Crippen LogP contribution in [-0.2, 0) is 0 Å². The standard InChI is InChI=1S/C13H12ClF2N3/c1-7-4-8(6-18-5-7)13(19-17)11-9(14)2-3-10(15)12(11)16/h2-6,13,19H,17H2,1H3. The number of benzene rings is 1. The third kappa shape index (κ3) is 2.73. The Bertz CT molecular complexity index is 604. The summed E-state index contributed by atoms with van der Waals surface area (Å²) in [4.78, 5) is 4.01. The van der Waals surface area contributed by atoms with Crippen LogP contribution in [0.2, 0.25) is 5.02 Å². The van der Waals surface area contributed by atoms with E-state index in [-0.39, 0.29) is 10.6 Å². The lowest BCUT2D eigenvalue weighted by molar-refractivity contribution is 0.483. The molecule has 2 aromatic rings. The van der Waals surface area contributed by atoms with Gasteiger partial charge in [0.05, 0.1) is 6.04 Å². The molecule has 0 spiro atoms. The predicted molar refractivity (Wildman–Crippen MR) is 69.5 cm³/mol. The van der Waals surface area contributed by atoms with Crippen LogP contribution in [0.5, 0.6) is 0 Å². The zero-order valence-corrected chi connectivity index (χ0v) is 10.9. The first kappa shape index (κ1) is 13.9. The van der Waals surface area contributed by atoms with E-state index >= 15 is 0 Å². The van der Waals surface area contributed by atoms with E-state index in [0.717, 1.165) is 11.6 Å². The average Bonchev–Trinajstić information content (AvgIpc) is 2.39. The molecule has 0 bridgehead atoms. The van der Waals surface area contributed by atoms with Crippen LogP contribution in [0.15, 0.2) is 30.6 Å². The van der Waals surface area contributed by atoms with Crippen molar-refractivity contribution in [3.05, 3.63) is 63.9 Å². The monoisotopic (exact) mass is 283 g/mol. The fraction of sp³-hybridized carbons (Fsp3) is 0.154. The summed E-state index contributed by atoms with van der Waals surface area (Å²) >= 11 is 5.94. The number of aromatic nitrogens is 1. The molecule has 1 atom stereocenters. The molecule has 0 fully saturated rings. The minimum atomic E-state index is -1.02. The number of nitrogens with two attached hydrogens (primary N) is 1. The molecule has 6 heteroatoms. The van der Waals surface area contributed by atoms with E-state index in [1.165, 1.54) is 12.3 Å². The van der Waals surface area contributed by atoms with Crippen LogP contribution in [0, 0.1) is 18.6 Å². The quantitative estimate of drug-likeness (QED) is 0.517. The predicted octanol–water partition coefficient (Wildman–Crippen LogP) is 2.87. The second-order valence-corrected chi connectivity index (χ2v) is 4.56. The largest absolute Gasteiger partial charge is 0.271 e. The van der Waals surface area contributed by atoms with Gasteiger partial charge in [-0.2, -0.15) is 0 Å². The third-order valence-electron chi connectivity index (χ3n) is 2.76. The van der Waals surface area contributed by atoms with Gasteiger partial charge < -0.3 is 0 Å². The Morgan fingerprint density at radius 3 is 2.68 bits per heavy atom. The van der Waals surface area contributed by atoms with Crippen LogP contribution in [0.4, 0.5) is 8.78 Å². The highest BCUT2D eigenvalue weighted by molar-refractivity contribution is 6.31. The second kappa shape index (κ2) is 5.61. The van der Waals surface area contributed by atoms with Crippen molar-refractivity contribution in [1.29, 1.82) is 0 Å². The summed E-state index contributed by atoms with van der Waals surface area (Å²) in [6, 6.07) is 3.28. The third-order valence-corrected chi connectivity index (χ3v) is 3.09. The molecular formula is C13H12ClF2N3. The number of pyridine rings is 1. The van der Waals surface area contributed by atoms with Crippen molar-refractivity contribution in [2.45, 2.75) is 13.0 Å². The van der Waals surface area contributed by atoms with Gasteiger partial charge in [0.25, 0.3) is 0 Å². The summed E-state index contributed by atoms with van der Waals surface area (Å²) in [6.07, 6.45) is 3.18. The summed E-state index contributed by atoms with van der Waals surface area (Å²) in [5.74, 6) is 3.46. The fourth-order valence-corrected chi connectivity index (χ4v) is 2.14. The Labute approximate surface area is 114 Å². The Hall–Kier alpha value is -1.56. The molecule has 2 rings (SSSR count). The van der Waals surface area contributed by atoms with Crippen LogP contribution in [0.3, 0.4) is 0 Å². The van der Waals surface area contributed by atoms with Gasteiger partial charge in [-0.1, -0.05) is 17.7 Å². The number of halogens is 3. The van der Waals surface area contributed by atoms with Crippen LogP contribution < -0.4 is 11.3 Å². The van der Waals surface area contributed by atoms with Crippen LogP contribution in [0.25, 0.3) is 0 Å². The molecule has 3 nitrogen and oxygen atoms in total. The molecule has 0 aliphatic heterocycles. The lowest BCUT2D eigenvalue weighted by atomic mass is 9.99. The normalized spacial score (nSPS) is 12.5. The number of hydrogen-bond acceptors (Lipinski definition) is 3. The molecule has 100 valence electrons. The van der Waals surface area contributed by atoms with E-state index in [2.05, 4.69) is 10.4 Å². The molecule has 1 aromatic heterocycles. The summed E-state index contributed by atoms with van der Waals surface area (Å²) < 4.78 is 27.2. The van der Waals surface area contributed by atoms with Crippen molar-refractivity contribution in [2.24, 2.45) is 5.84 Å². The molecule has 1 heterocycles. The zero-order chi connectivity index (χ0) is 14.0. The molecule has 0 aliphatic rings. The summed E-state index contributed by atoms with van der Waals surface area (Å²) in [7, 11) is 0. The smallest absolute Gasteiger partial charge is 0.165 e. The van der Waals surface area contributed by atoms with Crippen molar-refractivity contribution in [3.8, 4) is 0 Å². The molecular weight excluding hydrogens is 272 g/mol. The number of hydrazine groups is 1. The van der Waals surface area contributed by atoms with Crippen LogP contribution >= 0.6 is 11.6 Å². The first-order valence-corrected chi connectivity index (χ1v) is 5.93. The molecule has 0 amide bonds. The number of nitrogens with zero attached hydrogens (tertiary/aromatic N) is 1. The summed E-state index contributed by atoms with van der Waals surface area (Å²) in [5.41, 5.74) is 3.89.